The van der Waals surface area contributed by atoms with E-state index in [1.54, 1.807) is 11.3 Å². The largest absolute Gasteiger partial charge is 0.381 e. The molecule has 2 fully saturated rings. The molecule has 164 valence electrons. The van der Waals surface area contributed by atoms with Gasteiger partial charge in [-0.1, -0.05) is 11.3 Å². The average Bonchev–Trinajstić information content (AvgIpc) is 3.56. The Balaban J connectivity index is 1.24. The SMILES string of the molecule is O=C(NC1CCOCC1)c1ccc2c(c1)sc1nc(-c3ccc(C4CCCN4)nc3)cn12. The summed E-state index contributed by atoms with van der Waals surface area (Å²) in [6, 6.07) is 10.6. The highest BCUT2D eigenvalue weighted by atomic mass is 32.1. The van der Waals surface area contributed by atoms with Gasteiger partial charge in [-0.05, 0) is 62.6 Å². The van der Waals surface area contributed by atoms with Gasteiger partial charge in [-0.3, -0.25) is 14.2 Å². The maximum Gasteiger partial charge on any atom is 0.251 e. The summed E-state index contributed by atoms with van der Waals surface area (Å²) in [7, 11) is 0. The van der Waals surface area contributed by atoms with Gasteiger partial charge in [0.05, 0.1) is 21.6 Å². The molecular weight excluding hydrogens is 422 g/mol. The smallest absolute Gasteiger partial charge is 0.251 e. The van der Waals surface area contributed by atoms with Crippen molar-refractivity contribution in [2.24, 2.45) is 0 Å². The second-order valence-electron chi connectivity index (χ2n) is 8.54. The zero-order valence-electron chi connectivity index (χ0n) is 17.7. The van der Waals surface area contributed by atoms with Crippen LogP contribution in [0.5, 0.6) is 0 Å². The Kier molecular flexibility index (Phi) is 5.13. The molecule has 3 aromatic heterocycles. The van der Waals surface area contributed by atoms with Gasteiger partial charge in [0, 0.05) is 48.8 Å². The third-order valence-corrected chi connectivity index (χ3v) is 7.43. The van der Waals surface area contributed by atoms with Crippen molar-refractivity contribution < 1.29 is 9.53 Å². The number of carbonyl (C=O) groups is 1. The number of rotatable bonds is 4. The first-order valence-corrected chi connectivity index (χ1v) is 12.1. The van der Waals surface area contributed by atoms with Crippen molar-refractivity contribution in [2.75, 3.05) is 19.8 Å². The van der Waals surface area contributed by atoms with Crippen molar-refractivity contribution in [1.82, 2.24) is 25.0 Å². The predicted molar refractivity (Wildman–Crippen MR) is 125 cm³/mol. The van der Waals surface area contributed by atoms with Crippen LogP contribution < -0.4 is 10.6 Å². The van der Waals surface area contributed by atoms with Gasteiger partial charge in [-0.15, -0.1) is 0 Å². The minimum absolute atomic E-state index is 0.0200. The number of amides is 1. The number of fused-ring (bicyclic) bond motifs is 3. The number of nitrogens with zero attached hydrogens (tertiary/aromatic N) is 3. The predicted octanol–water partition coefficient (Wildman–Crippen LogP) is 3.94. The molecule has 8 heteroatoms. The molecule has 5 heterocycles. The topological polar surface area (TPSA) is 80.5 Å². The molecule has 2 saturated heterocycles. The Labute approximate surface area is 189 Å². The maximum absolute atomic E-state index is 12.7. The minimum Gasteiger partial charge on any atom is -0.381 e. The standard InChI is InChI=1S/C24H25N5O2S/c30-23(27-17-7-10-31-11-8-17)15-4-6-21-22(12-15)32-24-28-20(14-29(21)24)16-3-5-19(26-13-16)18-2-1-9-25-18/h3-6,12-14,17-18,25H,1-2,7-11H2,(H,27,30). The number of thiazole rings is 1. The van der Waals surface area contributed by atoms with Gasteiger partial charge in [0.1, 0.15) is 0 Å². The molecule has 1 unspecified atom stereocenters. The van der Waals surface area contributed by atoms with Crippen LogP contribution in [0, 0.1) is 0 Å². The van der Waals surface area contributed by atoms with E-state index in [9.17, 15) is 4.79 Å². The molecule has 6 rings (SSSR count). The molecule has 2 aliphatic heterocycles. The number of imidazole rings is 1. The summed E-state index contributed by atoms with van der Waals surface area (Å²) in [6.45, 7) is 2.49. The Morgan fingerprint density at radius 2 is 2.09 bits per heavy atom. The number of benzene rings is 1. The first-order chi connectivity index (χ1) is 15.7. The molecule has 0 spiro atoms. The van der Waals surface area contributed by atoms with E-state index in [4.69, 9.17) is 9.72 Å². The molecule has 32 heavy (non-hydrogen) atoms. The van der Waals surface area contributed by atoms with E-state index in [1.165, 1.54) is 6.42 Å². The third-order valence-electron chi connectivity index (χ3n) is 6.41. The molecule has 7 nitrogen and oxygen atoms in total. The van der Waals surface area contributed by atoms with E-state index in [1.807, 2.05) is 24.4 Å². The summed E-state index contributed by atoms with van der Waals surface area (Å²) in [5.41, 5.74) is 4.78. The Hall–Kier alpha value is -2.81. The summed E-state index contributed by atoms with van der Waals surface area (Å²) in [6.07, 6.45) is 8.07. The summed E-state index contributed by atoms with van der Waals surface area (Å²) >= 11 is 1.60. The van der Waals surface area contributed by atoms with E-state index in [-0.39, 0.29) is 11.9 Å². The van der Waals surface area contributed by atoms with Crippen molar-refractivity contribution in [3.8, 4) is 11.3 Å². The molecule has 1 amide bonds. The lowest BCUT2D eigenvalue weighted by atomic mass is 10.1. The van der Waals surface area contributed by atoms with Crippen molar-refractivity contribution >= 4 is 32.4 Å². The molecule has 1 aromatic carbocycles. The Morgan fingerprint density at radius 1 is 1.19 bits per heavy atom. The van der Waals surface area contributed by atoms with Crippen LogP contribution in [0.15, 0.2) is 42.7 Å². The number of carbonyl (C=O) groups excluding carboxylic acids is 1. The van der Waals surface area contributed by atoms with Crippen molar-refractivity contribution in [1.29, 1.82) is 0 Å². The molecule has 0 bridgehead atoms. The average molecular weight is 448 g/mol. The first kappa shape index (κ1) is 19.8. The van der Waals surface area contributed by atoms with Gasteiger partial charge in [0.15, 0.2) is 4.96 Å². The fourth-order valence-corrected chi connectivity index (χ4v) is 5.64. The number of aromatic nitrogens is 3. The molecule has 0 saturated carbocycles. The lowest BCUT2D eigenvalue weighted by molar-refractivity contribution is 0.0696. The highest BCUT2D eigenvalue weighted by Crippen LogP contribution is 2.31. The fourth-order valence-electron chi connectivity index (χ4n) is 4.59. The van der Waals surface area contributed by atoms with Crippen molar-refractivity contribution in [3.05, 3.63) is 54.0 Å². The summed E-state index contributed by atoms with van der Waals surface area (Å²) < 4.78 is 8.53. The lowest BCUT2D eigenvalue weighted by Gasteiger charge is -2.23. The number of nitrogens with one attached hydrogen (secondary N) is 2. The fraction of sp³-hybridized carbons (Fsp3) is 0.375. The summed E-state index contributed by atoms with van der Waals surface area (Å²) in [4.78, 5) is 23.1. The number of pyridine rings is 1. The minimum atomic E-state index is -0.0200. The number of hydrogen-bond acceptors (Lipinski definition) is 6. The summed E-state index contributed by atoms with van der Waals surface area (Å²) in [5.74, 6) is -0.0200. The second-order valence-corrected chi connectivity index (χ2v) is 9.55. The zero-order chi connectivity index (χ0) is 21.5. The van der Waals surface area contributed by atoms with Gasteiger partial charge < -0.3 is 15.4 Å². The van der Waals surface area contributed by atoms with Crippen LogP contribution in [0.3, 0.4) is 0 Å². The molecule has 1 atom stereocenters. The Bertz CT molecular complexity index is 1270. The zero-order valence-corrected chi connectivity index (χ0v) is 18.5. The highest BCUT2D eigenvalue weighted by Gasteiger charge is 2.19. The second kappa shape index (κ2) is 8.27. The van der Waals surface area contributed by atoms with E-state index >= 15 is 0 Å². The van der Waals surface area contributed by atoms with Crippen LogP contribution in [0.1, 0.15) is 47.8 Å². The van der Waals surface area contributed by atoms with Crippen molar-refractivity contribution in [2.45, 2.75) is 37.8 Å². The lowest BCUT2D eigenvalue weighted by Crippen LogP contribution is -2.38. The van der Waals surface area contributed by atoms with Crippen LogP contribution in [0.25, 0.3) is 26.4 Å². The quantitative estimate of drug-likeness (QED) is 0.495. The van der Waals surface area contributed by atoms with E-state index in [2.05, 4.69) is 38.3 Å². The maximum atomic E-state index is 12.7. The van der Waals surface area contributed by atoms with E-state index in [0.29, 0.717) is 24.8 Å². The van der Waals surface area contributed by atoms with Gasteiger partial charge in [-0.2, -0.15) is 0 Å². The van der Waals surface area contributed by atoms with Crippen LogP contribution >= 0.6 is 11.3 Å². The van der Waals surface area contributed by atoms with Crippen LogP contribution in [-0.4, -0.2) is 46.1 Å². The number of ether oxygens (including phenoxy) is 1. The van der Waals surface area contributed by atoms with Gasteiger partial charge in [0.25, 0.3) is 5.91 Å². The molecule has 0 aliphatic carbocycles. The van der Waals surface area contributed by atoms with Crippen molar-refractivity contribution in [3.63, 3.8) is 0 Å². The highest BCUT2D eigenvalue weighted by molar-refractivity contribution is 7.23. The molecule has 4 aromatic rings. The van der Waals surface area contributed by atoms with Crippen LogP contribution in [-0.2, 0) is 4.74 Å². The third kappa shape index (κ3) is 3.68. The first-order valence-electron chi connectivity index (χ1n) is 11.2. The van der Waals surface area contributed by atoms with Crippen LogP contribution in [0.2, 0.25) is 0 Å². The van der Waals surface area contributed by atoms with Gasteiger partial charge >= 0.3 is 0 Å². The van der Waals surface area contributed by atoms with E-state index in [0.717, 1.165) is 57.9 Å². The molecule has 0 radical (unpaired) electrons. The van der Waals surface area contributed by atoms with E-state index < -0.39 is 0 Å². The normalized spacial score (nSPS) is 19.7. The summed E-state index contributed by atoms with van der Waals surface area (Å²) in [5, 5.41) is 6.62. The monoisotopic (exact) mass is 447 g/mol. The molecule has 2 N–H and O–H groups in total. The van der Waals surface area contributed by atoms with Gasteiger partial charge in [-0.25, -0.2) is 4.98 Å². The molecular formula is C24H25N5O2S. The van der Waals surface area contributed by atoms with Crippen LogP contribution in [0.4, 0.5) is 0 Å². The molecule has 2 aliphatic rings. The van der Waals surface area contributed by atoms with Gasteiger partial charge in [0.2, 0.25) is 0 Å². The number of hydrogen-bond donors (Lipinski definition) is 2. The Morgan fingerprint density at radius 3 is 2.88 bits per heavy atom.